The molecule has 0 aliphatic heterocycles. The zero-order valence-corrected chi connectivity index (χ0v) is 10.9. The molecule has 16 heavy (non-hydrogen) atoms. The molecule has 0 radical (unpaired) electrons. The van der Waals surface area contributed by atoms with Crippen molar-refractivity contribution in [2.24, 2.45) is 0 Å². The average molecular weight is 286 g/mol. The van der Waals surface area contributed by atoms with Crippen LogP contribution in [-0.4, -0.2) is 24.4 Å². The van der Waals surface area contributed by atoms with E-state index in [0.29, 0.717) is 24.5 Å². The van der Waals surface area contributed by atoms with Gasteiger partial charge in [0.1, 0.15) is 5.75 Å². The monoisotopic (exact) mass is 285 g/mol. The molecule has 1 aromatic carbocycles. The van der Waals surface area contributed by atoms with Crippen molar-refractivity contribution in [3.8, 4) is 5.75 Å². The van der Waals surface area contributed by atoms with Gasteiger partial charge in [-0.05, 0) is 25.5 Å². The van der Waals surface area contributed by atoms with Crippen molar-refractivity contribution in [2.75, 3.05) is 18.5 Å². The summed E-state index contributed by atoms with van der Waals surface area (Å²) in [4.78, 5) is 11.8. The number of benzene rings is 1. The minimum atomic E-state index is -0.0787. The summed E-state index contributed by atoms with van der Waals surface area (Å²) >= 11 is 3.32. The maximum absolute atomic E-state index is 11.8. The van der Waals surface area contributed by atoms with Crippen molar-refractivity contribution in [1.29, 1.82) is 0 Å². The molecule has 4 heteroatoms. The smallest absolute Gasteiger partial charge is 0.255 e. The van der Waals surface area contributed by atoms with Crippen LogP contribution >= 0.6 is 15.9 Å². The lowest BCUT2D eigenvalue weighted by atomic mass is 10.2. The van der Waals surface area contributed by atoms with Crippen LogP contribution in [0.3, 0.4) is 0 Å². The van der Waals surface area contributed by atoms with Crippen molar-refractivity contribution in [1.82, 2.24) is 5.32 Å². The highest BCUT2D eigenvalue weighted by atomic mass is 79.9. The van der Waals surface area contributed by atoms with Gasteiger partial charge in [0.25, 0.3) is 5.91 Å². The molecular weight excluding hydrogens is 270 g/mol. The Morgan fingerprint density at radius 2 is 2.19 bits per heavy atom. The normalized spacial score (nSPS) is 9.88. The maximum atomic E-state index is 11.8. The SMILES string of the molecule is CCOc1ccccc1C(=O)NCCCBr. The van der Waals surface area contributed by atoms with Crippen LogP contribution in [0.15, 0.2) is 24.3 Å². The Kier molecular flexibility index (Phi) is 5.93. The zero-order chi connectivity index (χ0) is 11.8. The zero-order valence-electron chi connectivity index (χ0n) is 9.33. The van der Waals surface area contributed by atoms with Crippen LogP contribution in [0.4, 0.5) is 0 Å². The van der Waals surface area contributed by atoms with Crippen LogP contribution in [-0.2, 0) is 0 Å². The van der Waals surface area contributed by atoms with E-state index in [1.54, 1.807) is 6.07 Å². The summed E-state index contributed by atoms with van der Waals surface area (Å²) in [5.74, 6) is 0.561. The Balaban J connectivity index is 2.66. The second-order valence-electron chi connectivity index (χ2n) is 3.23. The van der Waals surface area contributed by atoms with Gasteiger partial charge in [-0.25, -0.2) is 0 Å². The van der Waals surface area contributed by atoms with Gasteiger partial charge in [0.05, 0.1) is 12.2 Å². The highest BCUT2D eigenvalue weighted by Crippen LogP contribution is 2.17. The third-order valence-corrected chi connectivity index (χ3v) is 2.59. The molecule has 0 unspecified atom stereocenters. The fourth-order valence-corrected chi connectivity index (χ4v) is 1.58. The molecule has 0 bridgehead atoms. The lowest BCUT2D eigenvalue weighted by Gasteiger charge is -2.09. The minimum absolute atomic E-state index is 0.0787. The van der Waals surface area contributed by atoms with Gasteiger partial charge in [-0.1, -0.05) is 28.1 Å². The van der Waals surface area contributed by atoms with Gasteiger partial charge in [-0.2, -0.15) is 0 Å². The summed E-state index contributed by atoms with van der Waals surface area (Å²) in [5.41, 5.74) is 0.596. The molecule has 0 aromatic heterocycles. The molecule has 3 nitrogen and oxygen atoms in total. The number of nitrogens with one attached hydrogen (secondary N) is 1. The summed E-state index contributed by atoms with van der Waals surface area (Å²) in [7, 11) is 0. The molecule has 0 heterocycles. The van der Waals surface area contributed by atoms with Crippen molar-refractivity contribution in [3.63, 3.8) is 0 Å². The van der Waals surface area contributed by atoms with Gasteiger partial charge in [-0.3, -0.25) is 4.79 Å². The molecule has 1 amide bonds. The first-order valence-corrected chi connectivity index (χ1v) is 6.47. The average Bonchev–Trinajstić information content (AvgIpc) is 2.30. The molecule has 0 saturated heterocycles. The topological polar surface area (TPSA) is 38.3 Å². The van der Waals surface area contributed by atoms with Crippen molar-refractivity contribution in [2.45, 2.75) is 13.3 Å². The first kappa shape index (κ1) is 13.0. The van der Waals surface area contributed by atoms with Gasteiger partial charge >= 0.3 is 0 Å². The van der Waals surface area contributed by atoms with E-state index in [9.17, 15) is 4.79 Å². The third-order valence-electron chi connectivity index (χ3n) is 2.03. The quantitative estimate of drug-likeness (QED) is 0.645. The summed E-state index contributed by atoms with van der Waals surface area (Å²) in [6, 6.07) is 7.28. The molecule has 1 N–H and O–H groups in total. The van der Waals surface area contributed by atoms with E-state index in [1.807, 2.05) is 25.1 Å². The molecule has 1 rings (SSSR count). The van der Waals surface area contributed by atoms with E-state index < -0.39 is 0 Å². The minimum Gasteiger partial charge on any atom is -0.493 e. The molecular formula is C12H16BrNO2. The van der Waals surface area contributed by atoms with E-state index in [1.165, 1.54) is 0 Å². The second kappa shape index (κ2) is 7.28. The fourth-order valence-electron chi connectivity index (χ4n) is 1.30. The number of ether oxygens (including phenoxy) is 1. The van der Waals surface area contributed by atoms with Crippen molar-refractivity contribution >= 4 is 21.8 Å². The van der Waals surface area contributed by atoms with E-state index in [4.69, 9.17) is 4.74 Å². The lowest BCUT2D eigenvalue weighted by molar-refractivity contribution is 0.0950. The Morgan fingerprint density at radius 1 is 1.44 bits per heavy atom. The summed E-state index contributed by atoms with van der Waals surface area (Å²) in [5, 5.41) is 3.74. The molecule has 0 spiro atoms. The maximum Gasteiger partial charge on any atom is 0.255 e. The van der Waals surface area contributed by atoms with E-state index in [0.717, 1.165) is 11.8 Å². The van der Waals surface area contributed by atoms with Crippen LogP contribution in [0.5, 0.6) is 5.75 Å². The number of rotatable bonds is 6. The number of para-hydroxylation sites is 1. The van der Waals surface area contributed by atoms with Gasteiger partial charge in [0, 0.05) is 11.9 Å². The first-order valence-electron chi connectivity index (χ1n) is 5.35. The van der Waals surface area contributed by atoms with Crippen LogP contribution in [0.1, 0.15) is 23.7 Å². The van der Waals surface area contributed by atoms with Crippen molar-refractivity contribution in [3.05, 3.63) is 29.8 Å². The number of amides is 1. The van der Waals surface area contributed by atoms with E-state index in [-0.39, 0.29) is 5.91 Å². The summed E-state index contributed by atoms with van der Waals surface area (Å²) < 4.78 is 5.39. The van der Waals surface area contributed by atoms with Gasteiger partial charge in [-0.15, -0.1) is 0 Å². The Bertz CT molecular complexity index is 342. The molecule has 0 fully saturated rings. The predicted molar refractivity (Wildman–Crippen MR) is 68.4 cm³/mol. The molecule has 0 aliphatic carbocycles. The van der Waals surface area contributed by atoms with Crippen LogP contribution < -0.4 is 10.1 Å². The first-order chi connectivity index (χ1) is 7.79. The van der Waals surface area contributed by atoms with Gasteiger partial charge < -0.3 is 10.1 Å². The Morgan fingerprint density at radius 3 is 2.88 bits per heavy atom. The van der Waals surface area contributed by atoms with Crippen LogP contribution in [0.25, 0.3) is 0 Å². The molecule has 0 atom stereocenters. The Hall–Kier alpha value is -1.03. The van der Waals surface area contributed by atoms with Crippen LogP contribution in [0, 0.1) is 0 Å². The third kappa shape index (κ3) is 3.85. The van der Waals surface area contributed by atoms with Crippen LogP contribution in [0.2, 0.25) is 0 Å². The van der Waals surface area contributed by atoms with Gasteiger partial charge in [0.15, 0.2) is 0 Å². The Labute approximate surface area is 104 Å². The number of alkyl halides is 1. The number of carbonyl (C=O) groups excluding carboxylic acids is 1. The number of hydrogen-bond acceptors (Lipinski definition) is 2. The molecule has 0 aliphatic rings. The highest BCUT2D eigenvalue weighted by Gasteiger charge is 2.10. The van der Waals surface area contributed by atoms with E-state index in [2.05, 4.69) is 21.2 Å². The van der Waals surface area contributed by atoms with E-state index >= 15 is 0 Å². The number of carbonyl (C=O) groups is 1. The highest BCUT2D eigenvalue weighted by molar-refractivity contribution is 9.09. The molecule has 88 valence electrons. The lowest BCUT2D eigenvalue weighted by Crippen LogP contribution is -2.25. The molecule has 1 aromatic rings. The molecule has 0 saturated carbocycles. The van der Waals surface area contributed by atoms with Gasteiger partial charge in [0.2, 0.25) is 0 Å². The fraction of sp³-hybridized carbons (Fsp3) is 0.417. The van der Waals surface area contributed by atoms with Crippen molar-refractivity contribution < 1.29 is 9.53 Å². The summed E-state index contributed by atoms with van der Waals surface area (Å²) in [6.07, 6.45) is 0.919. The second-order valence-corrected chi connectivity index (χ2v) is 4.02. The standard InChI is InChI=1S/C12H16BrNO2/c1-2-16-11-7-4-3-6-10(11)12(15)14-9-5-8-13/h3-4,6-7H,2,5,8-9H2,1H3,(H,14,15). The summed E-state index contributed by atoms with van der Waals surface area (Å²) in [6.45, 7) is 3.13. The number of hydrogen-bond donors (Lipinski definition) is 1. The number of halogens is 1. The predicted octanol–water partition coefficient (Wildman–Crippen LogP) is 2.60. The largest absolute Gasteiger partial charge is 0.493 e.